The molecule has 0 aromatic heterocycles. The van der Waals surface area contributed by atoms with Gasteiger partial charge in [0, 0.05) is 0 Å². The Morgan fingerprint density at radius 2 is 2.10 bits per heavy atom. The van der Waals surface area contributed by atoms with Gasteiger partial charge in [0.25, 0.3) is 0 Å². The van der Waals surface area contributed by atoms with Crippen molar-refractivity contribution in [1.29, 1.82) is 0 Å². The second-order valence-corrected chi connectivity index (χ2v) is 2.93. The molecule has 0 radical (unpaired) electrons. The lowest BCUT2D eigenvalue weighted by Crippen LogP contribution is -2.13. The molecule has 1 aliphatic rings. The molecule has 1 aliphatic heterocycles. The molecule has 1 heterocycles. The van der Waals surface area contributed by atoms with Crippen LogP contribution in [-0.2, 0) is 4.74 Å². The lowest BCUT2D eigenvalue weighted by Gasteiger charge is -2.09. The van der Waals surface area contributed by atoms with E-state index in [-0.39, 0.29) is 12.7 Å². The minimum Gasteiger partial charge on any atom is -0.394 e. The summed E-state index contributed by atoms with van der Waals surface area (Å²) in [6.07, 6.45) is 5.08. The van der Waals surface area contributed by atoms with Gasteiger partial charge >= 0.3 is 0 Å². The number of aliphatic hydroxyl groups excluding tert-OH is 1. The van der Waals surface area contributed by atoms with Crippen LogP contribution in [0.5, 0.6) is 0 Å². The lowest BCUT2D eigenvalue weighted by atomic mass is 10.1. The summed E-state index contributed by atoms with van der Waals surface area (Å²) in [4.78, 5) is 0. The average molecular weight is 144 g/mol. The van der Waals surface area contributed by atoms with Crippen LogP contribution in [0.2, 0.25) is 0 Å². The van der Waals surface area contributed by atoms with Gasteiger partial charge in [0.2, 0.25) is 0 Å². The second kappa shape index (κ2) is 3.94. The number of hydrogen-bond acceptors (Lipinski definition) is 2. The summed E-state index contributed by atoms with van der Waals surface area (Å²) in [6.45, 7) is 2.36. The minimum absolute atomic E-state index is 0.136. The maximum absolute atomic E-state index is 8.73. The van der Waals surface area contributed by atoms with Crippen molar-refractivity contribution in [2.24, 2.45) is 0 Å². The minimum atomic E-state index is 0.136. The van der Waals surface area contributed by atoms with Crippen LogP contribution in [0.1, 0.15) is 32.6 Å². The van der Waals surface area contributed by atoms with Crippen LogP contribution >= 0.6 is 0 Å². The van der Waals surface area contributed by atoms with E-state index in [9.17, 15) is 0 Å². The number of ether oxygens (including phenoxy) is 1. The van der Waals surface area contributed by atoms with Crippen LogP contribution in [0.3, 0.4) is 0 Å². The van der Waals surface area contributed by atoms with Crippen LogP contribution in [0, 0.1) is 0 Å². The molecule has 60 valence electrons. The second-order valence-electron chi connectivity index (χ2n) is 2.93. The molecular weight excluding hydrogens is 128 g/mol. The molecule has 2 heteroatoms. The molecule has 0 amide bonds. The molecule has 2 nitrogen and oxygen atoms in total. The number of rotatable bonds is 3. The Balaban J connectivity index is 2.15. The zero-order valence-corrected chi connectivity index (χ0v) is 6.55. The summed E-state index contributed by atoms with van der Waals surface area (Å²) >= 11 is 0. The molecule has 1 N–H and O–H groups in total. The third-order valence-corrected chi connectivity index (χ3v) is 2.01. The molecule has 0 bridgehead atoms. The predicted molar refractivity (Wildman–Crippen MR) is 39.9 cm³/mol. The molecule has 0 aromatic carbocycles. The standard InChI is InChI=1S/C8H16O2/c1-2-3-7-4-5-8(6-9)10-7/h7-9H,2-6H2,1H3. The Morgan fingerprint density at radius 1 is 1.40 bits per heavy atom. The lowest BCUT2D eigenvalue weighted by molar-refractivity contribution is 0.00833. The third-order valence-electron chi connectivity index (χ3n) is 2.01. The van der Waals surface area contributed by atoms with Crippen molar-refractivity contribution < 1.29 is 9.84 Å². The highest BCUT2D eigenvalue weighted by Gasteiger charge is 2.23. The van der Waals surface area contributed by atoms with Gasteiger partial charge in [0.1, 0.15) is 0 Å². The van der Waals surface area contributed by atoms with E-state index >= 15 is 0 Å². The van der Waals surface area contributed by atoms with Crippen molar-refractivity contribution in [2.75, 3.05) is 6.61 Å². The third kappa shape index (κ3) is 1.96. The first-order chi connectivity index (χ1) is 4.86. The molecule has 2 unspecified atom stereocenters. The fourth-order valence-electron chi connectivity index (χ4n) is 1.45. The molecule has 1 saturated heterocycles. The zero-order valence-electron chi connectivity index (χ0n) is 6.55. The van der Waals surface area contributed by atoms with Crippen LogP contribution < -0.4 is 0 Å². The Kier molecular flexibility index (Phi) is 3.16. The fourth-order valence-corrected chi connectivity index (χ4v) is 1.45. The first kappa shape index (κ1) is 8.02. The topological polar surface area (TPSA) is 29.5 Å². The Hall–Kier alpha value is -0.0800. The van der Waals surface area contributed by atoms with E-state index in [0.29, 0.717) is 6.10 Å². The van der Waals surface area contributed by atoms with Gasteiger partial charge in [-0.15, -0.1) is 0 Å². The molecule has 0 aromatic rings. The largest absolute Gasteiger partial charge is 0.394 e. The SMILES string of the molecule is CCCC1CCC(CO)O1. The highest BCUT2D eigenvalue weighted by atomic mass is 16.5. The maximum atomic E-state index is 8.73. The Morgan fingerprint density at radius 3 is 2.60 bits per heavy atom. The van der Waals surface area contributed by atoms with Crippen LogP contribution in [0.25, 0.3) is 0 Å². The predicted octanol–water partition coefficient (Wildman–Crippen LogP) is 1.33. The molecule has 1 fully saturated rings. The molecule has 0 aliphatic carbocycles. The van der Waals surface area contributed by atoms with Gasteiger partial charge < -0.3 is 9.84 Å². The fraction of sp³-hybridized carbons (Fsp3) is 1.00. The van der Waals surface area contributed by atoms with E-state index in [0.717, 1.165) is 19.3 Å². The van der Waals surface area contributed by atoms with Crippen molar-refractivity contribution in [2.45, 2.75) is 44.8 Å². The van der Waals surface area contributed by atoms with Crippen molar-refractivity contribution >= 4 is 0 Å². The van der Waals surface area contributed by atoms with E-state index < -0.39 is 0 Å². The van der Waals surface area contributed by atoms with E-state index in [1.54, 1.807) is 0 Å². The summed E-state index contributed by atoms with van der Waals surface area (Å²) in [6, 6.07) is 0. The molecule has 2 atom stereocenters. The van der Waals surface area contributed by atoms with Crippen LogP contribution in [-0.4, -0.2) is 23.9 Å². The quantitative estimate of drug-likeness (QED) is 0.647. The van der Waals surface area contributed by atoms with Gasteiger partial charge in [-0.25, -0.2) is 0 Å². The van der Waals surface area contributed by atoms with Crippen molar-refractivity contribution in [1.82, 2.24) is 0 Å². The van der Waals surface area contributed by atoms with Crippen molar-refractivity contribution in [3.8, 4) is 0 Å². The van der Waals surface area contributed by atoms with Crippen LogP contribution in [0.4, 0.5) is 0 Å². The summed E-state index contributed by atoms with van der Waals surface area (Å²) in [5.74, 6) is 0. The van der Waals surface area contributed by atoms with E-state index in [2.05, 4.69) is 6.92 Å². The van der Waals surface area contributed by atoms with Gasteiger partial charge in [-0.1, -0.05) is 13.3 Å². The van der Waals surface area contributed by atoms with Gasteiger partial charge in [-0.05, 0) is 19.3 Å². The summed E-state index contributed by atoms with van der Waals surface area (Å²) < 4.78 is 5.50. The zero-order chi connectivity index (χ0) is 7.40. The highest BCUT2D eigenvalue weighted by Crippen LogP contribution is 2.22. The Labute approximate surface area is 62.2 Å². The number of hydrogen-bond donors (Lipinski definition) is 1. The van der Waals surface area contributed by atoms with E-state index in [1.807, 2.05) is 0 Å². The number of aliphatic hydroxyl groups is 1. The summed E-state index contributed by atoms with van der Waals surface area (Å²) in [5, 5.41) is 8.73. The highest BCUT2D eigenvalue weighted by molar-refractivity contribution is 4.72. The molecule has 10 heavy (non-hydrogen) atoms. The van der Waals surface area contributed by atoms with Crippen molar-refractivity contribution in [3.05, 3.63) is 0 Å². The molecule has 1 rings (SSSR count). The van der Waals surface area contributed by atoms with Crippen molar-refractivity contribution in [3.63, 3.8) is 0 Å². The van der Waals surface area contributed by atoms with Gasteiger partial charge in [0.05, 0.1) is 18.8 Å². The molecule has 0 saturated carbocycles. The van der Waals surface area contributed by atoms with E-state index in [1.165, 1.54) is 6.42 Å². The van der Waals surface area contributed by atoms with Gasteiger partial charge in [-0.3, -0.25) is 0 Å². The summed E-state index contributed by atoms with van der Waals surface area (Å²) in [5.41, 5.74) is 0. The first-order valence-electron chi connectivity index (χ1n) is 4.13. The maximum Gasteiger partial charge on any atom is 0.0810 e. The summed E-state index contributed by atoms with van der Waals surface area (Å²) in [7, 11) is 0. The van der Waals surface area contributed by atoms with E-state index in [4.69, 9.17) is 9.84 Å². The molecular formula is C8H16O2. The van der Waals surface area contributed by atoms with Gasteiger partial charge in [-0.2, -0.15) is 0 Å². The Bertz CT molecular complexity index is 93.3. The van der Waals surface area contributed by atoms with Crippen LogP contribution in [0.15, 0.2) is 0 Å². The average Bonchev–Trinajstić information content (AvgIpc) is 2.37. The van der Waals surface area contributed by atoms with Gasteiger partial charge in [0.15, 0.2) is 0 Å². The first-order valence-corrected chi connectivity index (χ1v) is 4.13. The smallest absolute Gasteiger partial charge is 0.0810 e. The normalized spacial score (nSPS) is 33.0. The monoisotopic (exact) mass is 144 g/mol. The molecule has 0 spiro atoms.